The number of nitrogens with zero attached hydrogens (tertiary/aromatic N) is 4. The molecule has 1 unspecified atom stereocenters. The number of aromatic nitrogens is 3. The van der Waals surface area contributed by atoms with Gasteiger partial charge in [-0.15, -0.1) is 0 Å². The van der Waals surface area contributed by atoms with Gasteiger partial charge >= 0.3 is 0 Å². The van der Waals surface area contributed by atoms with E-state index < -0.39 is 0 Å². The SMILES string of the molecule is CCn1cc(CN2CCCCC2C(=O)Nc2ccc(Oc3cccnc3)cc2)cn1. The number of nitrogens with one attached hydrogen (secondary N) is 1. The first-order valence-electron chi connectivity index (χ1n) is 10.5. The molecule has 0 aliphatic carbocycles. The van der Waals surface area contributed by atoms with Crippen molar-refractivity contribution in [2.24, 2.45) is 0 Å². The summed E-state index contributed by atoms with van der Waals surface area (Å²) in [6, 6.07) is 11.0. The molecule has 1 amide bonds. The molecule has 1 aromatic carbocycles. The van der Waals surface area contributed by atoms with Gasteiger partial charge in [-0.3, -0.25) is 19.4 Å². The van der Waals surface area contributed by atoms with E-state index >= 15 is 0 Å². The Hall–Kier alpha value is -3.19. The van der Waals surface area contributed by atoms with Gasteiger partial charge in [0.2, 0.25) is 5.91 Å². The third kappa shape index (κ3) is 5.04. The zero-order chi connectivity index (χ0) is 20.8. The summed E-state index contributed by atoms with van der Waals surface area (Å²) in [7, 11) is 0. The predicted octanol–water partition coefficient (Wildman–Crippen LogP) is 4.08. The maximum atomic E-state index is 13.0. The summed E-state index contributed by atoms with van der Waals surface area (Å²) in [6.07, 6.45) is 10.4. The minimum atomic E-state index is -0.130. The van der Waals surface area contributed by atoms with E-state index in [0.717, 1.165) is 50.1 Å². The molecule has 0 saturated carbocycles. The fourth-order valence-corrected chi connectivity index (χ4v) is 3.75. The van der Waals surface area contributed by atoms with Gasteiger partial charge in [0.25, 0.3) is 0 Å². The number of carbonyl (C=O) groups excluding carboxylic acids is 1. The van der Waals surface area contributed by atoms with E-state index in [1.165, 1.54) is 0 Å². The fraction of sp³-hybridized carbons (Fsp3) is 0.348. The zero-order valence-corrected chi connectivity index (χ0v) is 17.2. The molecular weight excluding hydrogens is 378 g/mol. The molecule has 1 fully saturated rings. The minimum Gasteiger partial charge on any atom is -0.456 e. The van der Waals surface area contributed by atoms with E-state index in [1.807, 2.05) is 47.3 Å². The normalized spacial score (nSPS) is 16.9. The van der Waals surface area contributed by atoms with Crippen LogP contribution in [0.4, 0.5) is 5.69 Å². The Bertz CT molecular complexity index is 955. The van der Waals surface area contributed by atoms with Crippen molar-refractivity contribution in [1.82, 2.24) is 19.7 Å². The lowest BCUT2D eigenvalue weighted by atomic mass is 10.0. The lowest BCUT2D eigenvalue weighted by Gasteiger charge is -2.34. The fourth-order valence-electron chi connectivity index (χ4n) is 3.75. The topological polar surface area (TPSA) is 72.3 Å². The van der Waals surface area contributed by atoms with Gasteiger partial charge < -0.3 is 10.1 Å². The van der Waals surface area contributed by atoms with E-state index in [4.69, 9.17) is 4.74 Å². The Morgan fingerprint density at radius 1 is 1.17 bits per heavy atom. The van der Waals surface area contributed by atoms with Gasteiger partial charge in [0.15, 0.2) is 0 Å². The molecule has 156 valence electrons. The van der Waals surface area contributed by atoms with Crippen LogP contribution in [0.25, 0.3) is 0 Å². The van der Waals surface area contributed by atoms with E-state index in [9.17, 15) is 4.79 Å². The summed E-state index contributed by atoms with van der Waals surface area (Å²) in [6.45, 7) is 4.59. The molecule has 3 heterocycles. The van der Waals surface area contributed by atoms with Gasteiger partial charge in [-0.1, -0.05) is 6.42 Å². The number of rotatable bonds is 7. The summed E-state index contributed by atoms with van der Waals surface area (Å²) in [5.74, 6) is 1.42. The number of carbonyl (C=O) groups is 1. The van der Waals surface area contributed by atoms with Crippen molar-refractivity contribution < 1.29 is 9.53 Å². The summed E-state index contributed by atoms with van der Waals surface area (Å²) < 4.78 is 7.68. The van der Waals surface area contributed by atoms with Gasteiger partial charge in [0.05, 0.1) is 18.4 Å². The van der Waals surface area contributed by atoms with Crippen LogP contribution in [0.2, 0.25) is 0 Å². The van der Waals surface area contributed by atoms with Crippen molar-refractivity contribution >= 4 is 11.6 Å². The second-order valence-corrected chi connectivity index (χ2v) is 7.49. The van der Waals surface area contributed by atoms with E-state index in [2.05, 4.69) is 33.4 Å². The minimum absolute atomic E-state index is 0.0403. The zero-order valence-electron chi connectivity index (χ0n) is 17.2. The first-order valence-corrected chi connectivity index (χ1v) is 10.5. The summed E-state index contributed by atoms with van der Waals surface area (Å²) >= 11 is 0. The van der Waals surface area contributed by atoms with Gasteiger partial charge in [-0.25, -0.2) is 0 Å². The van der Waals surface area contributed by atoms with Crippen LogP contribution in [-0.2, 0) is 17.9 Å². The summed E-state index contributed by atoms with van der Waals surface area (Å²) in [5.41, 5.74) is 1.91. The molecule has 0 bridgehead atoms. The second-order valence-electron chi connectivity index (χ2n) is 7.49. The highest BCUT2D eigenvalue weighted by atomic mass is 16.5. The molecule has 3 aromatic rings. The molecule has 1 aliphatic heterocycles. The van der Waals surface area contributed by atoms with Gasteiger partial charge in [0, 0.05) is 36.7 Å². The van der Waals surface area contributed by atoms with Crippen LogP contribution in [0.5, 0.6) is 11.5 Å². The quantitative estimate of drug-likeness (QED) is 0.641. The third-order valence-electron chi connectivity index (χ3n) is 5.30. The molecule has 1 aliphatic rings. The van der Waals surface area contributed by atoms with Crippen LogP contribution in [0.3, 0.4) is 0 Å². The summed E-state index contributed by atoms with van der Waals surface area (Å²) in [5, 5.41) is 7.42. The molecule has 7 nitrogen and oxygen atoms in total. The Labute approximate surface area is 176 Å². The van der Waals surface area contributed by atoms with E-state index in [-0.39, 0.29) is 11.9 Å². The highest BCUT2D eigenvalue weighted by molar-refractivity contribution is 5.94. The van der Waals surface area contributed by atoms with Crippen LogP contribution in [0.15, 0.2) is 61.2 Å². The first-order chi connectivity index (χ1) is 14.7. The first kappa shape index (κ1) is 20.1. The average molecular weight is 406 g/mol. The molecule has 1 N–H and O–H groups in total. The summed E-state index contributed by atoms with van der Waals surface area (Å²) in [4.78, 5) is 19.3. The number of amides is 1. The maximum Gasteiger partial charge on any atom is 0.241 e. The van der Waals surface area contributed by atoms with Crippen LogP contribution in [-0.4, -0.2) is 38.2 Å². The number of piperidine rings is 1. The standard InChI is InChI=1S/C23H27N5O2/c1-2-28-17-18(14-25-28)16-27-13-4-3-7-22(27)23(29)26-19-8-10-20(11-9-19)30-21-6-5-12-24-15-21/h5-6,8-12,14-15,17,22H,2-4,7,13,16H2,1H3,(H,26,29). The molecular formula is C23H27N5O2. The third-order valence-corrected chi connectivity index (χ3v) is 5.30. The molecule has 0 spiro atoms. The lowest BCUT2D eigenvalue weighted by molar-refractivity contribution is -0.122. The molecule has 0 radical (unpaired) electrons. The number of benzene rings is 1. The number of pyridine rings is 1. The van der Waals surface area contributed by atoms with Gasteiger partial charge in [0.1, 0.15) is 11.5 Å². The molecule has 4 rings (SSSR count). The Morgan fingerprint density at radius 3 is 2.77 bits per heavy atom. The monoisotopic (exact) mass is 405 g/mol. The van der Waals surface area contributed by atoms with Gasteiger partial charge in [-0.05, 0) is 62.7 Å². The van der Waals surface area contributed by atoms with Crippen molar-refractivity contribution in [3.8, 4) is 11.5 Å². The van der Waals surface area contributed by atoms with Crippen molar-refractivity contribution in [2.75, 3.05) is 11.9 Å². The van der Waals surface area contributed by atoms with Crippen molar-refractivity contribution in [1.29, 1.82) is 0 Å². The largest absolute Gasteiger partial charge is 0.456 e. The Morgan fingerprint density at radius 2 is 2.03 bits per heavy atom. The van der Waals surface area contributed by atoms with Crippen molar-refractivity contribution in [3.63, 3.8) is 0 Å². The van der Waals surface area contributed by atoms with Crippen LogP contribution in [0, 0.1) is 0 Å². The van der Waals surface area contributed by atoms with E-state index in [1.54, 1.807) is 12.4 Å². The number of hydrogen-bond donors (Lipinski definition) is 1. The number of anilines is 1. The number of aryl methyl sites for hydroxylation is 1. The smallest absolute Gasteiger partial charge is 0.241 e. The molecule has 1 atom stereocenters. The molecule has 2 aromatic heterocycles. The molecule has 7 heteroatoms. The van der Waals surface area contributed by atoms with Crippen LogP contribution in [0.1, 0.15) is 31.7 Å². The highest BCUT2D eigenvalue weighted by Gasteiger charge is 2.29. The second kappa shape index (κ2) is 9.54. The van der Waals surface area contributed by atoms with Crippen LogP contribution >= 0.6 is 0 Å². The highest BCUT2D eigenvalue weighted by Crippen LogP contribution is 2.24. The Kier molecular flexibility index (Phi) is 6.39. The number of ether oxygens (including phenoxy) is 1. The molecule has 1 saturated heterocycles. The van der Waals surface area contributed by atoms with Crippen molar-refractivity contribution in [2.45, 2.75) is 45.3 Å². The molecule has 30 heavy (non-hydrogen) atoms. The van der Waals surface area contributed by atoms with Crippen LogP contribution < -0.4 is 10.1 Å². The van der Waals surface area contributed by atoms with E-state index in [0.29, 0.717) is 11.5 Å². The van der Waals surface area contributed by atoms with Crippen molar-refractivity contribution in [3.05, 3.63) is 66.7 Å². The number of hydrogen-bond acceptors (Lipinski definition) is 5. The maximum absolute atomic E-state index is 13.0. The average Bonchev–Trinajstić information content (AvgIpc) is 3.24. The predicted molar refractivity (Wildman–Crippen MR) is 115 cm³/mol. The lowest BCUT2D eigenvalue weighted by Crippen LogP contribution is -2.46. The van der Waals surface area contributed by atoms with Gasteiger partial charge in [-0.2, -0.15) is 5.10 Å². The number of likely N-dealkylation sites (tertiary alicyclic amines) is 1. The Balaban J connectivity index is 1.37.